The predicted molar refractivity (Wildman–Crippen MR) is 82.0 cm³/mol. The van der Waals surface area contributed by atoms with Gasteiger partial charge in [-0.3, -0.25) is 0 Å². The smallest absolute Gasteiger partial charge is 0.0593 e. The van der Waals surface area contributed by atoms with Crippen LogP contribution < -0.4 is 5.32 Å². The van der Waals surface area contributed by atoms with Crippen molar-refractivity contribution in [2.24, 2.45) is 11.3 Å². The van der Waals surface area contributed by atoms with Crippen LogP contribution in [0, 0.1) is 11.3 Å². The van der Waals surface area contributed by atoms with E-state index in [0.717, 1.165) is 52.0 Å². The van der Waals surface area contributed by atoms with E-state index in [1.165, 1.54) is 19.3 Å². The SMILES string of the molecule is CC(C)NCC1(CN(C)CCOCC2CC2)CCOC1. The summed E-state index contributed by atoms with van der Waals surface area (Å²) in [7, 11) is 2.20. The van der Waals surface area contributed by atoms with Crippen molar-refractivity contribution in [2.75, 3.05) is 53.1 Å². The lowest BCUT2D eigenvalue weighted by Gasteiger charge is -2.33. The molecule has 1 aliphatic heterocycles. The van der Waals surface area contributed by atoms with Gasteiger partial charge in [0.05, 0.1) is 13.2 Å². The molecule has 0 radical (unpaired) electrons. The van der Waals surface area contributed by atoms with Crippen LogP contribution in [0.25, 0.3) is 0 Å². The molecule has 0 amide bonds. The van der Waals surface area contributed by atoms with Gasteiger partial charge < -0.3 is 19.7 Å². The summed E-state index contributed by atoms with van der Waals surface area (Å²) < 4.78 is 11.4. The molecule has 2 fully saturated rings. The number of hydrogen-bond donors (Lipinski definition) is 1. The van der Waals surface area contributed by atoms with E-state index in [1.54, 1.807) is 0 Å². The molecule has 0 bridgehead atoms. The lowest BCUT2D eigenvalue weighted by Crippen LogP contribution is -2.45. The number of likely N-dealkylation sites (N-methyl/N-ethyl adjacent to an activating group) is 1. The normalized spacial score (nSPS) is 26.9. The van der Waals surface area contributed by atoms with E-state index in [4.69, 9.17) is 9.47 Å². The predicted octanol–water partition coefficient (Wildman–Crippen LogP) is 1.75. The van der Waals surface area contributed by atoms with E-state index in [0.29, 0.717) is 6.04 Å². The van der Waals surface area contributed by atoms with Gasteiger partial charge in [0.25, 0.3) is 0 Å². The Morgan fingerprint density at radius 2 is 2.20 bits per heavy atom. The molecule has 2 rings (SSSR count). The lowest BCUT2D eigenvalue weighted by molar-refractivity contribution is 0.0777. The Hall–Kier alpha value is -0.160. The highest BCUT2D eigenvalue weighted by Crippen LogP contribution is 2.29. The summed E-state index contributed by atoms with van der Waals surface area (Å²) in [6, 6.07) is 0.541. The Bertz CT molecular complexity index is 274. The van der Waals surface area contributed by atoms with Gasteiger partial charge in [-0.2, -0.15) is 0 Å². The van der Waals surface area contributed by atoms with Crippen LogP contribution in [0.3, 0.4) is 0 Å². The second-order valence-corrected chi connectivity index (χ2v) is 7.09. The van der Waals surface area contributed by atoms with E-state index < -0.39 is 0 Å². The second-order valence-electron chi connectivity index (χ2n) is 7.09. The number of ether oxygens (including phenoxy) is 2. The third-order valence-corrected chi connectivity index (χ3v) is 4.34. The molecule has 20 heavy (non-hydrogen) atoms. The minimum atomic E-state index is 0.287. The molecular formula is C16H32N2O2. The van der Waals surface area contributed by atoms with E-state index in [9.17, 15) is 0 Å². The van der Waals surface area contributed by atoms with Gasteiger partial charge in [-0.05, 0) is 32.2 Å². The van der Waals surface area contributed by atoms with Crippen molar-refractivity contribution in [2.45, 2.75) is 39.2 Å². The van der Waals surface area contributed by atoms with Crippen molar-refractivity contribution in [1.29, 1.82) is 0 Å². The highest BCUT2D eigenvalue weighted by Gasteiger charge is 2.35. The molecule has 1 aliphatic carbocycles. The molecule has 0 spiro atoms. The molecular weight excluding hydrogens is 252 g/mol. The molecule has 4 heteroatoms. The van der Waals surface area contributed by atoms with E-state index in [2.05, 4.69) is 31.1 Å². The Kier molecular flexibility index (Phi) is 6.27. The minimum absolute atomic E-state index is 0.287. The first-order valence-corrected chi connectivity index (χ1v) is 8.17. The van der Waals surface area contributed by atoms with Gasteiger partial charge in [0.2, 0.25) is 0 Å². The van der Waals surface area contributed by atoms with Gasteiger partial charge in [-0.25, -0.2) is 0 Å². The van der Waals surface area contributed by atoms with Crippen LogP contribution in [-0.2, 0) is 9.47 Å². The van der Waals surface area contributed by atoms with Gasteiger partial charge in [-0.15, -0.1) is 0 Å². The largest absolute Gasteiger partial charge is 0.381 e. The number of nitrogens with one attached hydrogen (secondary N) is 1. The highest BCUT2D eigenvalue weighted by atomic mass is 16.5. The molecule has 1 saturated carbocycles. The van der Waals surface area contributed by atoms with Crippen LogP contribution in [0.1, 0.15) is 33.1 Å². The fraction of sp³-hybridized carbons (Fsp3) is 1.00. The van der Waals surface area contributed by atoms with Gasteiger partial charge in [-0.1, -0.05) is 13.8 Å². The summed E-state index contributed by atoms with van der Waals surface area (Å²) in [6.07, 6.45) is 3.91. The maximum absolute atomic E-state index is 5.74. The van der Waals surface area contributed by atoms with Crippen LogP contribution in [0.15, 0.2) is 0 Å². The van der Waals surface area contributed by atoms with Crippen LogP contribution in [0.5, 0.6) is 0 Å². The zero-order valence-corrected chi connectivity index (χ0v) is 13.5. The van der Waals surface area contributed by atoms with Gasteiger partial charge in [0.15, 0.2) is 0 Å². The summed E-state index contributed by atoms with van der Waals surface area (Å²) >= 11 is 0. The first-order valence-electron chi connectivity index (χ1n) is 8.17. The molecule has 1 heterocycles. The standard InChI is InChI=1S/C16H32N2O2/c1-14(2)17-11-16(6-8-20-13-16)12-18(3)7-9-19-10-15-4-5-15/h14-15,17H,4-13H2,1-3H3. The third-order valence-electron chi connectivity index (χ3n) is 4.34. The van der Waals surface area contributed by atoms with Crippen LogP contribution in [0.2, 0.25) is 0 Å². The molecule has 0 aromatic carbocycles. The van der Waals surface area contributed by atoms with Crippen molar-refractivity contribution >= 4 is 0 Å². The van der Waals surface area contributed by atoms with E-state index >= 15 is 0 Å². The zero-order chi connectivity index (χ0) is 14.4. The van der Waals surface area contributed by atoms with Crippen molar-refractivity contribution in [3.8, 4) is 0 Å². The quantitative estimate of drug-likeness (QED) is 0.620. The van der Waals surface area contributed by atoms with E-state index in [-0.39, 0.29) is 5.41 Å². The maximum Gasteiger partial charge on any atom is 0.0593 e. The summed E-state index contributed by atoms with van der Waals surface area (Å²) in [6.45, 7) is 11.2. The third kappa shape index (κ3) is 5.68. The van der Waals surface area contributed by atoms with Crippen molar-refractivity contribution in [3.63, 3.8) is 0 Å². The Morgan fingerprint density at radius 1 is 1.40 bits per heavy atom. The van der Waals surface area contributed by atoms with Crippen LogP contribution in [-0.4, -0.2) is 64.1 Å². The first-order chi connectivity index (χ1) is 9.60. The van der Waals surface area contributed by atoms with Crippen LogP contribution >= 0.6 is 0 Å². The Balaban J connectivity index is 1.66. The molecule has 2 aliphatic rings. The molecule has 4 nitrogen and oxygen atoms in total. The second kappa shape index (κ2) is 7.74. The van der Waals surface area contributed by atoms with Crippen LogP contribution in [0.4, 0.5) is 0 Å². The van der Waals surface area contributed by atoms with Crippen molar-refractivity contribution < 1.29 is 9.47 Å². The summed E-state index contributed by atoms with van der Waals surface area (Å²) in [5.74, 6) is 0.866. The van der Waals surface area contributed by atoms with Gasteiger partial charge in [0, 0.05) is 44.3 Å². The fourth-order valence-corrected chi connectivity index (χ4v) is 2.80. The topological polar surface area (TPSA) is 33.7 Å². The Labute approximate surface area is 124 Å². The lowest BCUT2D eigenvalue weighted by atomic mass is 9.86. The molecule has 1 atom stereocenters. The highest BCUT2D eigenvalue weighted by molar-refractivity contribution is 4.88. The molecule has 118 valence electrons. The molecule has 1 N–H and O–H groups in total. The summed E-state index contributed by atoms with van der Waals surface area (Å²) in [4.78, 5) is 2.41. The summed E-state index contributed by atoms with van der Waals surface area (Å²) in [5.41, 5.74) is 0.287. The van der Waals surface area contributed by atoms with Gasteiger partial charge >= 0.3 is 0 Å². The van der Waals surface area contributed by atoms with Crippen molar-refractivity contribution in [3.05, 3.63) is 0 Å². The monoisotopic (exact) mass is 284 g/mol. The maximum atomic E-state index is 5.74. The molecule has 1 unspecified atom stereocenters. The van der Waals surface area contributed by atoms with Gasteiger partial charge in [0.1, 0.15) is 0 Å². The Morgan fingerprint density at radius 3 is 2.80 bits per heavy atom. The average molecular weight is 284 g/mol. The number of rotatable bonds is 10. The van der Waals surface area contributed by atoms with Crippen molar-refractivity contribution in [1.82, 2.24) is 10.2 Å². The average Bonchev–Trinajstić information content (AvgIpc) is 3.12. The molecule has 1 saturated heterocycles. The number of hydrogen-bond acceptors (Lipinski definition) is 4. The molecule has 0 aromatic rings. The number of nitrogens with zero attached hydrogens (tertiary/aromatic N) is 1. The zero-order valence-electron chi connectivity index (χ0n) is 13.5. The van der Waals surface area contributed by atoms with E-state index in [1.807, 2.05) is 0 Å². The summed E-state index contributed by atoms with van der Waals surface area (Å²) in [5, 5.41) is 3.59. The fourth-order valence-electron chi connectivity index (χ4n) is 2.80. The first kappa shape index (κ1) is 16.2. The minimum Gasteiger partial charge on any atom is -0.381 e. The molecule has 0 aromatic heterocycles.